The third-order valence-corrected chi connectivity index (χ3v) is 1.25. The molecule has 3 nitrogen and oxygen atoms in total. The fourth-order valence-corrected chi connectivity index (χ4v) is 0.739. The van der Waals surface area contributed by atoms with Gasteiger partial charge in [-0.3, -0.25) is 4.79 Å². The minimum Gasteiger partial charge on any atom is -0.328 e. The molecule has 3 heteroatoms. The van der Waals surface area contributed by atoms with Gasteiger partial charge in [0.1, 0.15) is 5.82 Å². The van der Waals surface area contributed by atoms with Crippen LogP contribution in [0.2, 0.25) is 0 Å². The minimum atomic E-state index is -0.346. The van der Waals surface area contributed by atoms with E-state index in [0.717, 1.165) is 5.82 Å². The molecule has 0 aromatic carbocycles. The van der Waals surface area contributed by atoms with Crippen LogP contribution in [0, 0.1) is 13.8 Å². The first kappa shape index (κ1) is 6.99. The molecule has 1 heterocycles. The van der Waals surface area contributed by atoms with Crippen molar-refractivity contribution in [1.29, 1.82) is 0 Å². The summed E-state index contributed by atoms with van der Waals surface area (Å²) in [7, 11) is 0. The Kier molecular flexibility index (Phi) is 1.85. The number of Topliss-reactive ketones (excluding diaryl/α,β-unsaturated/α-hetero) is 1. The summed E-state index contributed by atoms with van der Waals surface area (Å²) in [5, 5.41) is 0. The Labute approximate surface area is 59.7 Å². The molecule has 0 amide bonds. The summed E-state index contributed by atoms with van der Waals surface area (Å²) in [5.74, 6) is 0.458. The van der Waals surface area contributed by atoms with Gasteiger partial charge in [-0.15, -0.1) is 0 Å². The van der Waals surface area contributed by atoms with Crippen LogP contribution in [0.15, 0.2) is 12.4 Å². The second-order valence-corrected chi connectivity index (χ2v) is 2.07. The molecule has 0 aliphatic heterocycles. The highest BCUT2D eigenvalue weighted by Gasteiger charge is 1.98. The van der Waals surface area contributed by atoms with E-state index in [1.54, 1.807) is 17.0 Å². The lowest BCUT2D eigenvalue weighted by Gasteiger charge is -1.98. The van der Waals surface area contributed by atoms with Crippen LogP contribution in [0.4, 0.5) is 0 Å². The maximum absolute atomic E-state index is 10.4. The van der Waals surface area contributed by atoms with Crippen LogP contribution in [0.25, 0.3) is 0 Å². The van der Waals surface area contributed by atoms with Crippen molar-refractivity contribution in [3.63, 3.8) is 0 Å². The number of nitrogens with zero attached hydrogens (tertiary/aromatic N) is 2. The lowest BCUT2D eigenvalue weighted by molar-refractivity contribution is -0.115. The van der Waals surface area contributed by atoms with E-state index in [1.807, 2.05) is 6.92 Å². The third kappa shape index (κ3) is 1.43. The van der Waals surface area contributed by atoms with Gasteiger partial charge in [0.05, 0.1) is 6.54 Å². The van der Waals surface area contributed by atoms with Crippen LogP contribution in [0.1, 0.15) is 5.82 Å². The first-order chi connectivity index (χ1) is 4.70. The Hall–Kier alpha value is -1.12. The summed E-state index contributed by atoms with van der Waals surface area (Å²) in [4.78, 5) is 14.3. The molecule has 0 saturated heterocycles. The molecule has 0 unspecified atom stereocenters. The fourth-order valence-electron chi connectivity index (χ4n) is 0.739. The Bertz CT molecular complexity index is 240. The Balaban J connectivity index is 2.74. The number of carbonyl (C=O) groups is 1. The highest BCUT2D eigenvalue weighted by atomic mass is 16.1. The van der Waals surface area contributed by atoms with Crippen molar-refractivity contribution in [2.45, 2.75) is 13.5 Å². The Morgan fingerprint density at radius 3 is 3.00 bits per heavy atom. The number of hydrogen-bond donors (Lipinski definition) is 0. The summed E-state index contributed by atoms with van der Waals surface area (Å²) in [6.45, 7) is 7.00. The standard InChI is InChI=1S/C7H8N2O/c1-6(10)5-9-4-3-8-7(9)2/h1,3-4H,5H2,2H3. The molecular formula is C7H8N2O. The van der Waals surface area contributed by atoms with Gasteiger partial charge in [0.2, 0.25) is 0 Å². The van der Waals surface area contributed by atoms with E-state index in [1.165, 1.54) is 0 Å². The SMILES string of the molecule is [CH]C(=O)Cn1ccnc1C. The summed E-state index contributed by atoms with van der Waals surface area (Å²) in [5.41, 5.74) is 0. The zero-order valence-corrected chi connectivity index (χ0v) is 5.74. The zero-order valence-electron chi connectivity index (χ0n) is 5.74. The number of aromatic nitrogens is 2. The minimum absolute atomic E-state index is 0.214. The maximum atomic E-state index is 10.4. The van der Waals surface area contributed by atoms with Gasteiger partial charge < -0.3 is 4.57 Å². The van der Waals surface area contributed by atoms with Crippen molar-refractivity contribution in [3.05, 3.63) is 25.1 Å². The van der Waals surface area contributed by atoms with Crippen molar-refractivity contribution < 1.29 is 4.79 Å². The van der Waals surface area contributed by atoms with Crippen molar-refractivity contribution in [2.75, 3.05) is 0 Å². The fraction of sp³-hybridized carbons (Fsp3) is 0.286. The Morgan fingerprint density at radius 2 is 2.60 bits per heavy atom. The zero-order chi connectivity index (χ0) is 7.56. The summed E-state index contributed by atoms with van der Waals surface area (Å²) in [6, 6.07) is 0. The first-order valence-corrected chi connectivity index (χ1v) is 2.96. The van der Waals surface area contributed by atoms with Crippen LogP contribution < -0.4 is 0 Å². The molecule has 0 saturated carbocycles. The number of hydrogen-bond acceptors (Lipinski definition) is 2. The van der Waals surface area contributed by atoms with Crippen molar-refractivity contribution in [3.8, 4) is 0 Å². The number of ketones is 1. The molecule has 1 rings (SSSR count). The van der Waals surface area contributed by atoms with Gasteiger partial charge in [-0.1, -0.05) is 0 Å². The monoisotopic (exact) mass is 136 g/mol. The van der Waals surface area contributed by atoms with Gasteiger partial charge in [0.25, 0.3) is 0 Å². The van der Waals surface area contributed by atoms with Gasteiger partial charge in [-0.25, -0.2) is 4.98 Å². The number of imidazole rings is 1. The molecular weight excluding hydrogens is 128 g/mol. The predicted octanol–water partition coefficient (Wildman–Crippen LogP) is 0.472. The molecule has 0 atom stereocenters. The second kappa shape index (κ2) is 2.64. The molecule has 1 aromatic heterocycles. The molecule has 0 N–H and O–H groups in total. The van der Waals surface area contributed by atoms with Crippen molar-refractivity contribution in [2.24, 2.45) is 0 Å². The van der Waals surface area contributed by atoms with E-state index >= 15 is 0 Å². The average Bonchev–Trinajstić information content (AvgIpc) is 2.15. The molecule has 0 bridgehead atoms. The normalized spacial score (nSPS) is 9.80. The lowest BCUT2D eigenvalue weighted by atomic mass is 10.4. The van der Waals surface area contributed by atoms with Crippen molar-refractivity contribution in [1.82, 2.24) is 9.55 Å². The van der Waals surface area contributed by atoms with Gasteiger partial charge in [-0.2, -0.15) is 0 Å². The molecule has 0 fully saturated rings. The molecule has 0 spiro atoms. The summed E-state index contributed by atoms with van der Waals surface area (Å²) >= 11 is 0. The van der Waals surface area contributed by atoms with Gasteiger partial charge in [-0.05, 0) is 6.92 Å². The Morgan fingerprint density at radius 1 is 1.90 bits per heavy atom. The largest absolute Gasteiger partial charge is 0.328 e. The maximum Gasteiger partial charge on any atom is 0.157 e. The van der Waals surface area contributed by atoms with E-state index in [2.05, 4.69) is 4.98 Å². The third-order valence-electron chi connectivity index (χ3n) is 1.25. The van der Waals surface area contributed by atoms with Crippen LogP contribution in [0.5, 0.6) is 0 Å². The van der Waals surface area contributed by atoms with Crippen molar-refractivity contribution >= 4 is 5.78 Å². The van der Waals surface area contributed by atoms with E-state index in [-0.39, 0.29) is 12.3 Å². The number of rotatable bonds is 2. The topological polar surface area (TPSA) is 34.9 Å². The first-order valence-electron chi connectivity index (χ1n) is 2.96. The molecule has 1 aromatic rings. The lowest BCUT2D eigenvalue weighted by Crippen LogP contribution is -2.06. The highest BCUT2D eigenvalue weighted by molar-refractivity contribution is 5.82. The van der Waals surface area contributed by atoms with E-state index < -0.39 is 0 Å². The smallest absolute Gasteiger partial charge is 0.157 e. The van der Waals surface area contributed by atoms with Crippen LogP contribution in [-0.2, 0) is 11.3 Å². The van der Waals surface area contributed by atoms with Gasteiger partial charge in [0.15, 0.2) is 5.78 Å². The molecule has 0 aliphatic rings. The van der Waals surface area contributed by atoms with E-state index in [9.17, 15) is 4.79 Å². The predicted molar refractivity (Wildman–Crippen MR) is 36.3 cm³/mol. The molecule has 10 heavy (non-hydrogen) atoms. The molecule has 2 radical (unpaired) electrons. The highest BCUT2D eigenvalue weighted by Crippen LogP contribution is 1.93. The summed E-state index contributed by atoms with van der Waals surface area (Å²) in [6.07, 6.45) is 3.36. The van der Waals surface area contributed by atoms with Crippen LogP contribution in [-0.4, -0.2) is 15.3 Å². The van der Waals surface area contributed by atoms with Gasteiger partial charge in [0, 0.05) is 19.3 Å². The summed E-state index contributed by atoms with van der Waals surface area (Å²) < 4.78 is 1.70. The number of carbonyl (C=O) groups excluding carboxylic acids is 1. The van der Waals surface area contributed by atoms with Crippen LogP contribution >= 0.6 is 0 Å². The van der Waals surface area contributed by atoms with Crippen LogP contribution in [0.3, 0.4) is 0 Å². The van der Waals surface area contributed by atoms with Gasteiger partial charge >= 0.3 is 0 Å². The molecule has 0 aliphatic carbocycles. The molecule has 52 valence electrons. The van der Waals surface area contributed by atoms with E-state index in [0.29, 0.717) is 0 Å². The second-order valence-electron chi connectivity index (χ2n) is 2.07. The average molecular weight is 136 g/mol. The number of aryl methyl sites for hydroxylation is 1. The van der Waals surface area contributed by atoms with E-state index in [4.69, 9.17) is 6.92 Å². The quantitative estimate of drug-likeness (QED) is 0.592.